The Labute approximate surface area is 79.4 Å². The van der Waals surface area contributed by atoms with Crippen molar-refractivity contribution in [3.8, 4) is 0 Å². The second-order valence-electron chi connectivity index (χ2n) is 4.02. The summed E-state index contributed by atoms with van der Waals surface area (Å²) in [5.41, 5.74) is 2.60. The molecule has 1 nitrogen and oxygen atoms in total. The fraction of sp³-hybridized carbons (Fsp3) is 0.500. The Balaban J connectivity index is 2.24. The summed E-state index contributed by atoms with van der Waals surface area (Å²) in [6, 6.07) is 8.51. The molecular weight excluding hydrogens is 160 g/mol. The van der Waals surface area contributed by atoms with E-state index in [9.17, 15) is 5.11 Å². The van der Waals surface area contributed by atoms with E-state index in [2.05, 4.69) is 31.2 Å². The maximum absolute atomic E-state index is 9.73. The number of aliphatic hydroxyl groups excluding tert-OH is 1. The molecule has 1 saturated carbocycles. The molecule has 0 radical (unpaired) electrons. The Morgan fingerprint density at radius 1 is 1.31 bits per heavy atom. The minimum absolute atomic E-state index is 0.109. The number of rotatable bonds is 1. The van der Waals surface area contributed by atoms with Crippen molar-refractivity contribution in [1.82, 2.24) is 0 Å². The molecular formula is C12H16O. The fourth-order valence-corrected chi connectivity index (χ4v) is 2.23. The molecule has 0 heterocycles. The van der Waals surface area contributed by atoms with Crippen LogP contribution in [-0.2, 0) is 0 Å². The highest BCUT2D eigenvalue weighted by Crippen LogP contribution is 2.34. The zero-order chi connectivity index (χ0) is 9.26. The van der Waals surface area contributed by atoms with E-state index in [1.807, 2.05) is 0 Å². The summed E-state index contributed by atoms with van der Waals surface area (Å²) in [6.45, 7) is 2.10. The van der Waals surface area contributed by atoms with E-state index in [1.54, 1.807) is 0 Å². The van der Waals surface area contributed by atoms with Crippen molar-refractivity contribution in [2.45, 2.75) is 38.2 Å². The maximum atomic E-state index is 9.73. The van der Waals surface area contributed by atoms with E-state index in [0.717, 1.165) is 12.8 Å². The van der Waals surface area contributed by atoms with Gasteiger partial charge in [-0.2, -0.15) is 0 Å². The number of benzene rings is 1. The quantitative estimate of drug-likeness (QED) is 0.697. The van der Waals surface area contributed by atoms with Crippen molar-refractivity contribution < 1.29 is 5.11 Å². The zero-order valence-corrected chi connectivity index (χ0v) is 8.03. The van der Waals surface area contributed by atoms with E-state index >= 15 is 0 Å². The Bertz CT molecular complexity index is 293. The summed E-state index contributed by atoms with van der Waals surface area (Å²) in [7, 11) is 0. The number of hydrogen-bond acceptors (Lipinski definition) is 1. The lowest BCUT2D eigenvalue weighted by atomic mass is 9.95. The maximum Gasteiger partial charge on any atom is 0.0608 e. The third-order valence-electron chi connectivity index (χ3n) is 2.95. The van der Waals surface area contributed by atoms with Crippen molar-refractivity contribution in [2.75, 3.05) is 0 Å². The molecule has 2 atom stereocenters. The second-order valence-corrected chi connectivity index (χ2v) is 4.02. The van der Waals surface area contributed by atoms with Gasteiger partial charge in [0.05, 0.1) is 6.10 Å². The first kappa shape index (κ1) is 8.76. The topological polar surface area (TPSA) is 20.2 Å². The summed E-state index contributed by atoms with van der Waals surface area (Å²) < 4.78 is 0. The SMILES string of the molecule is Cc1cccc([C@H]2CCC[C@@H]2O)c1. The Morgan fingerprint density at radius 2 is 2.15 bits per heavy atom. The average molecular weight is 176 g/mol. The summed E-state index contributed by atoms with van der Waals surface area (Å²) >= 11 is 0. The van der Waals surface area contributed by atoms with Gasteiger partial charge in [-0.15, -0.1) is 0 Å². The van der Waals surface area contributed by atoms with Crippen LogP contribution in [0.25, 0.3) is 0 Å². The van der Waals surface area contributed by atoms with Crippen LogP contribution in [0.1, 0.15) is 36.3 Å². The molecule has 1 heteroatoms. The third kappa shape index (κ3) is 1.75. The third-order valence-corrected chi connectivity index (χ3v) is 2.95. The van der Waals surface area contributed by atoms with Gasteiger partial charge in [0, 0.05) is 5.92 Å². The fourth-order valence-electron chi connectivity index (χ4n) is 2.23. The van der Waals surface area contributed by atoms with Crippen molar-refractivity contribution in [3.63, 3.8) is 0 Å². The predicted octanol–water partition coefficient (Wildman–Crippen LogP) is 2.62. The van der Waals surface area contributed by atoms with Gasteiger partial charge in [-0.05, 0) is 25.3 Å². The lowest BCUT2D eigenvalue weighted by Crippen LogP contribution is -2.10. The first-order valence-electron chi connectivity index (χ1n) is 5.02. The van der Waals surface area contributed by atoms with E-state index in [1.165, 1.54) is 17.5 Å². The van der Waals surface area contributed by atoms with Crippen LogP contribution in [0.5, 0.6) is 0 Å². The second kappa shape index (κ2) is 3.51. The molecule has 1 aromatic carbocycles. The highest BCUT2D eigenvalue weighted by Gasteiger charge is 2.26. The van der Waals surface area contributed by atoms with Crippen molar-refractivity contribution in [3.05, 3.63) is 35.4 Å². The highest BCUT2D eigenvalue weighted by atomic mass is 16.3. The molecule has 0 bridgehead atoms. The summed E-state index contributed by atoms with van der Waals surface area (Å²) in [5, 5.41) is 9.73. The minimum Gasteiger partial charge on any atom is -0.392 e. The standard InChI is InChI=1S/C12H16O/c1-9-4-2-5-10(8-9)11-6-3-7-12(11)13/h2,4-5,8,11-13H,3,6-7H2,1H3/t11-,12+/m1/s1. The lowest BCUT2D eigenvalue weighted by Gasteiger charge is -2.14. The lowest BCUT2D eigenvalue weighted by molar-refractivity contribution is 0.164. The average Bonchev–Trinajstić information content (AvgIpc) is 2.51. The van der Waals surface area contributed by atoms with Crippen molar-refractivity contribution >= 4 is 0 Å². The van der Waals surface area contributed by atoms with Gasteiger partial charge in [0.2, 0.25) is 0 Å². The van der Waals surface area contributed by atoms with Crippen LogP contribution in [0, 0.1) is 6.92 Å². The number of hydrogen-bond donors (Lipinski definition) is 1. The monoisotopic (exact) mass is 176 g/mol. The smallest absolute Gasteiger partial charge is 0.0608 e. The van der Waals surface area contributed by atoms with Gasteiger partial charge < -0.3 is 5.11 Å². The van der Waals surface area contributed by atoms with Gasteiger partial charge in [0.15, 0.2) is 0 Å². The van der Waals surface area contributed by atoms with Crippen LogP contribution in [0.4, 0.5) is 0 Å². The molecule has 0 aromatic heterocycles. The molecule has 1 aliphatic rings. The van der Waals surface area contributed by atoms with Crippen molar-refractivity contribution in [1.29, 1.82) is 0 Å². The molecule has 1 N–H and O–H groups in total. The zero-order valence-electron chi connectivity index (χ0n) is 8.03. The molecule has 2 rings (SSSR count). The summed E-state index contributed by atoms with van der Waals surface area (Å²) in [6.07, 6.45) is 3.17. The molecule has 0 spiro atoms. The summed E-state index contributed by atoms with van der Waals surface area (Å²) in [4.78, 5) is 0. The van der Waals surface area contributed by atoms with Gasteiger partial charge in [0.1, 0.15) is 0 Å². The van der Waals surface area contributed by atoms with E-state index in [4.69, 9.17) is 0 Å². The van der Waals surface area contributed by atoms with E-state index < -0.39 is 0 Å². The van der Waals surface area contributed by atoms with Crippen LogP contribution in [0.2, 0.25) is 0 Å². The van der Waals surface area contributed by atoms with Crippen LogP contribution < -0.4 is 0 Å². The van der Waals surface area contributed by atoms with Gasteiger partial charge in [0.25, 0.3) is 0 Å². The molecule has 0 unspecified atom stereocenters. The van der Waals surface area contributed by atoms with E-state index in [-0.39, 0.29) is 6.10 Å². The first-order chi connectivity index (χ1) is 6.27. The van der Waals surface area contributed by atoms with Crippen LogP contribution in [-0.4, -0.2) is 11.2 Å². The largest absolute Gasteiger partial charge is 0.392 e. The number of aliphatic hydroxyl groups is 1. The minimum atomic E-state index is -0.109. The highest BCUT2D eigenvalue weighted by molar-refractivity contribution is 5.27. The molecule has 1 aromatic rings. The van der Waals surface area contributed by atoms with Gasteiger partial charge in [-0.3, -0.25) is 0 Å². The van der Waals surface area contributed by atoms with Crippen LogP contribution in [0.15, 0.2) is 24.3 Å². The van der Waals surface area contributed by atoms with Gasteiger partial charge in [-0.25, -0.2) is 0 Å². The Hall–Kier alpha value is -0.820. The Morgan fingerprint density at radius 3 is 2.77 bits per heavy atom. The molecule has 70 valence electrons. The molecule has 1 fully saturated rings. The predicted molar refractivity (Wildman–Crippen MR) is 53.8 cm³/mol. The molecule has 0 saturated heterocycles. The van der Waals surface area contributed by atoms with E-state index in [0.29, 0.717) is 5.92 Å². The number of aryl methyl sites for hydroxylation is 1. The van der Waals surface area contributed by atoms with Gasteiger partial charge >= 0.3 is 0 Å². The molecule has 0 aliphatic heterocycles. The van der Waals surface area contributed by atoms with Crippen LogP contribution >= 0.6 is 0 Å². The molecule has 0 amide bonds. The van der Waals surface area contributed by atoms with Crippen molar-refractivity contribution in [2.24, 2.45) is 0 Å². The molecule has 13 heavy (non-hydrogen) atoms. The first-order valence-corrected chi connectivity index (χ1v) is 5.02. The summed E-state index contributed by atoms with van der Waals surface area (Å²) in [5.74, 6) is 0.389. The van der Waals surface area contributed by atoms with Gasteiger partial charge in [-0.1, -0.05) is 36.2 Å². The Kier molecular flexibility index (Phi) is 2.36. The normalized spacial score (nSPS) is 27.8. The molecule has 1 aliphatic carbocycles. The van der Waals surface area contributed by atoms with Crippen LogP contribution in [0.3, 0.4) is 0 Å².